The fourth-order valence-electron chi connectivity index (χ4n) is 2.60. The molecule has 1 aliphatic rings. The number of nitrogens with zero attached hydrogens (tertiary/aromatic N) is 1. The number of amides is 2. The van der Waals surface area contributed by atoms with E-state index in [1.54, 1.807) is 16.2 Å². The van der Waals surface area contributed by atoms with Gasteiger partial charge in [0.05, 0.1) is 5.25 Å². The summed E-state index contributed by atoms with van der Waals surface area (Å²) in [5, 5.41) is 4.68. The Morgan fingerprint density at radius 2 is 2.32 bits per heavy atom. The van der Waals surface area contributed by atoms with Crippen molar-refractivity contribution < 1.29 is 13.8 Å². The van der Waals surface area contributed by atoms with Gasteiger partial charge >= 0.3 is 0 Å². The minimum Gasteiger partial charge on any atom is -0.352 e. The van der Waals surface area contributed by atoms with Gasteiger partial charge in [-0.3, -0.25) is 13.8 Å². The fraction of sp³-hybridized carbons (Fsp3) is 0.600. The second kappa shape index (κ2) is 7.87. The lowest BCUT2D eigenvalue weighted by Gasteiger charge is -2.33. The van der Waals surface area contributed by atoms with Crippen LogP contribution < -0.4 is 5.32 Å². The highest BCUT2D eigenvalue weighted by atomic mass is 32.2. The smallest absolute Gasteiger partial charge is 0.235 e. The Morgan fingerprint density at radius 3 is 2.95 bits per heavy atom. The van der Waals surface area contributed by atoms with Gasteiger partial charge in [0.15, 0.2) is 0 Å². The maximum absolute atomic E-state index is 12.4. The van der Waals surface area contributed by atoms with Crippen molar-refractivity contribution in [2.24, 2.45) is 0 Å². The van der Waals surface area contributed by atoms with Crippen molar-refractivity contribution in [3.05, 3.63) is 22.4 Å². The highest BCUT2D eigenvalue weighted by Crippen LogP contribution is 2.24. The number of nitrogens with one attached hydrogen (secondary N) is 1. The number of hydrogen-bond acceptors (Lipinski definition) is 4. The first-order chi connectivity index (χ1) is 10.5. The molecule has 1 aromatic rings. The first-order valence-electron chi connectivity index (χ1n) is 7.43. The van der Waals surface area contributed by atoms with Crippen LogP contribution in [-0.4, -0.2) is 45.8 Å². The molecule has 0 unspecified atom stereocenters. The molecule has 1 fully saturated rings. The van der Waals surface area contributed by atoms with Crippen LogP contribution in [0.5, 0.6) is 0 Å². The Bertz CT molecular complexity index is 545. The lowest BCUT2D eigenvalue weighted by molar-refractivity contribution is -0.130. The molecule has 122 valence electrons. The van der Waals surface area contributed by atoms with E-state index in [1.165, 1.54) is 6.92 Å². The highest BCUT2D eigenvalue weighted by Gasteiger charge is 2.26. The van der Waals surface area contributed by atoms with Crippen molar-refractivity contribution in [2.45, 2.75) is 38.0 Å². The van der Waals surface area contributed by atoms with Gasteiger partial charge in [-0.25, -0.2) is 0 Å². The van der Waals surface area contributed by atoms with Crippen LogP contribution in [0.25, 0.3) is 0 Å². The molecule has 0 radical (unpaired) electrons. The summed E-state index contributed by atoms with van der Waals surface area (Å²) >= 11 is 1.56. The molecule has 1 N–H and O–H groups in total. The summed E-state index contributed by atoms with van der Waals surface area (Å²) in [6.07, 6.45) is 1.75. The Labute approximate surface area is 137 Å². The summed E-state index contributed by atoms with van der Waals surface area (Å²) < 4.78 is 12.4. The van der Waals surface area contributed by atoms with Crippen molar-refractivity contribution in [3.63, 3.8) is 0 Å². The Morgan fingerprint density at radius 1 is 1.55 bits per heavy atom. The minimum atomic E-state index is -1.22. The molecule has 3 atom stereocenters. The van der Waals surface area contributed by atoms with Gasteiger partial charge in [-0.1, -0.05) is 6.07 Å². The van der Waals surface area contributed by atoms with Crippen LogP contribution in [0.1, 0.15) is 36.8 Å². The van der Waals surface area contributed by atoms with E-state index < -0.39 is 10.8 Å². The lowest BCUT2D eigenvalue weighted by Crippen LogP contribution is -2.50. The molecular weight excluding hydrogens is 320 g/mol. The number of likely N-dealkylation sites (tertiary alicyclic amines) is 1. The number of carbonyl (C=O) groups excluding carboxylic acids is 2. The largest absolute Gasteiger partial charge is 0.352 e. The number of piperidine rings is 1. The first kappa shape index (κ1) is 17.1. The highest BCUT2D eigenvalue weighted by molar-refractivity contribution is 7.86. The molecule has 0 saturated carbocycles. The minimum absolute atomic E-state index is 0.0124. The lowest BCUT2D eigenvalue weighted by atomic mass is 10.1. The van der Waals surface area contributed by atoms with Gasteiger partial charge in [0, 0.05) is 41.7 Å². The van der Waals surface area contributed by atoms with Gasteiger partial charge < -0.3 is 10.2 Å². The van der Waals surface area contributed by atoms with Gasteiger partial charge in [0.25, 0.3) is 0 Å². The Hall–Kier alpha value is -1.21. The van der Waals surface area contributed by atoms with E-state index in [1.807, 2.05) is 24.4 Å². The third kappa shape index (κ3) is 4.64. The van der Waals surface area contributed by atoms with E-state index in [-0.39, 0.29) is 28.9 Å². The predicted octanol–water partition coefficient (Wildman–Crippen LogP) is 1.68. The zero-order valence-corrected chi connectivity index (χ0v) is 14.5. The molecular formula is C15H22N2O3S2. The monoisotopic (exact) mass is 342 g/mol. The third-order valence-electron chi connectivity index (χ3n) is 3.79. The molecule has 0 bridgehead atoms. The van der Waals surface area contributed by atoms with Gasteiger partial charge in [-0.2, -0.15) is 0 Å². The molecule has 1 aliphatic heterocycles. The van der Waals surface area contributed by atoms with E-state index in [2.05, 4.69) is 5.32 Å². The molecule has 5 nitrogen and oxygen atoms in total. The van der Waals surface area contributed by atoms with Crippen LogP contribution >= 0.6 is 11.3 Å². The van der Waals surface area contributed by atoms with E-state index in [0.717, 1.165) is 17.7 Å². The van der Waals surface area contributed by atoms with Crippen LogP contribution in [0.4, 0.5) is 0 Å². The van der Waals surface area contributed by atoms with Crippen molar-refractivity contribution in [1.82, 2.24) is 10.2 Å². The molecule has 22 heavy (non-hydrogen) atoms. The standard InChI is InChI=1S/C15H22N2O3S2/c1-11(14-6-4-8-21-14)22(20)10-15(19)17-7-3-5-13(9-17)16-12(2)18/h4,6,8,11,13H,3,5,7,9-10H2,1-2H3,(H,16,18)/t11-,13+,22-/m0/s1. The first-order valence-corrected chi connectivity index (χ1v) is 9.69. The normalized spacial score (nSPS) is 21.2. The molecule has 7 heteroatoms. The molecule has 2 heterocycles. The molecule has 2 rings (SSSR count). The van der Waals surface area contributed by atoms with Crippen LogP contribution in [-0.2, 0) is 20.4 Å². The van der Waals surface area contributed by atoms with Crippen LogP contribution in [0.2, 0.25) is 0 Å². The molecule has 0 spiro atoms. The van der Waals surface area contributed by atoms with E-state index in [9.17, 15) is 13.8 Å². The SMILES string of the molecule is CC(=O)N[C@@H]1CCCN(C(=O)C[S@](=O)[C@@H](C)c2cccs2)C1. The quantitative estimate of drug-likeness (QED) is 0.885. The molecule has 1 saturated heterocycles. The summed E-state index contributed by atoms with van der Waals surface area (Å²) in [5.74, 6) is -0.114. The van der Waals surface area contributed by atoms with Crippen molar-refractivity contribution in [3.8, 4) is 0 Å². The average molecular weight is 342 g/mol. The van der Waals surface area contributed by atoms with E-state index in [4.69, 9.17) is 0 Å². The summed E-state index contributed by atoms with van der Waals surface area (Å²) in [5.41, 5.74) is 0. The van der Waals surface area contributed by atoms with Crippen LogP contribution in [0, 0.1) is 0 Å². The summed E-state index contributed by atoms with van der Waals surface area (Å²) in [6, 6.07) is 3.89. The zero-order chi connectivity index (χ0) is 16.1. The van der Waals surface area contributed by atoms with E-state index >= 15 is 0 Å². The molecule has 0 aliphatic carbocycles. The van der Waals surface area contributed by atoms with Crippen molar-refractivity contribution in [1.29, 1.82) is 0 Å². The predicted molar refractivity (Wildman–Crippen MR) is 89.2 cm³/mol. The second-order valence-electron chi connectivity index (χ2n) is 5.56. The Balaban J connectivity index is 1.88. The second-order valence-corrected chi connectivity index (χ2v) is 8.30. The topological polar surface area (TPSA) is 66.5 Å². The third-order valence-corrected chi connectivity index (χ3v) is 6.56. The van der Waals surface area contributed by atoms with Crippen molar-refractivity contribution in [2.75, 3.05) is 18.8 Å². The van der Waals surface area contributed by atoms with E-state index in [0.29, 0.717) is 13.1 Å². The zero-order valence-electron chi connectivity index (χ0n) is 12.9. The maximum Gasteiger partial charge on any atom is 0.235 e. The number of rotatable bonds is 5. The van der Waals surface area contributed by atoms with Gasteiger partial charge in [0.2, 0.25) is 11.8 Å². The number of thiophene rings is 1. The molecule has 1 aromatic heterocycles. The van der Waals surface area contributed by atoms with Crippen molar-refractivity contribution >= 4 is 34.0 Å². The van der Waals surface area contributed by atoms with Crippen LogP contribution in [0.15, 0.2) is 17.5 Å². The summed E-state index contributed by atoms with van der Waals surface area (Å²) in [6.45, 7) is 4.58. The summed E-state index contributed by atoms with van der Waals surface area (Å²) in [4.78, 5) is 26.2. The number of carbonyl (C=O) groups is 2. The maximum atomic E-state index is 12.4. The van der Waals surface area contributed by atoms with Gasteiger partial charge in [0.1, 0.15) is 5.75 Å². The summed E-state index contributed by atoms with van der Waals surface area (Å²) in [7, 11) is -1.22. The molecule has 2 amide bonds. The van der Waals surface area contributed by atoms with Crippen LogP contribution in [0.3, 0.4) is 0 Å². The average Bonchev–Trinajstić information content (AvgIpc) is 3.00. The Kier molecular flexibility index (Phi) is 6.14. The number of hydrogen-bond donors (Lipinski definition) is 1. The van der Waals surface area contributed by atoms with Gasteiger partial charge in [-0.15, -0.1) is 11.3 Å². The fourth-order valence-corrected chi connectivity index (χ4v) is 4.76. The molecule has 0 aromatic carbocycles. The van der Waals surface area contributed by atoms with Gasteiger partial charge in [-0.05, 0) is 31.2 Å².